The minimum atomic E-state index is -0.263. The van der Waals surface area contributed by atoms with E-state index in [1.165, 1.54) is 38.9 Å². The van der Waals surface area contributed by atoms with E-state index in [-0.39, 0.29) is 5.41 Å². The highest BCUT2D eigenvalue weighted by molar-refractivity contribution is 5.86. The van der Waals surface area contributed by atoms with Crippen molar-refractivity contribution in [3.8, 4) is 11.1 Å². The third kappa shape index (κ3) is 6.55. The molecule has 0 heteroatoms. The van der Waals surface area contributed by atoms with Crippen molar-refractivity contribution in [2.45, 2.75) is 81.6 Å². The molecule has 0 amide bonds. The highest BCUT2D eigenvalue weighted by Gasteiger charge is 2.45. The van der Waals surface area contributed by atoms with Crippen molar-refractivity contribution in [2.75, 3.05) is 0 Å². The second-order valence-electron chi connectivity index (χ2n) is 7.08. The van der Waals surface area contributed by atoms with E-state index in [4.69, 9.17) is 0 Å². The molecule has 4 aromatic rings. The lowest BCUT2D eigenvalue weighted by molar-refractivity contribution is 0.767. The molecule has 0 unspecified atom stereocenters. The van der Waals surface area contributed by atoms with Crippen LogP contribution in [0.2, 0.25) is 0 Å². The van der Waals surface area contributed by atoms with Gasteiger partial charge in [-0.05, 0) is 40.3 Å². The third-order valence-electron chi connectivity index (χ3n) is 5.61. The fraction of sp³-hybridized carbons (Fsp3) is 0.333. The molecule has 0 radical (unpaired) electrons. The monoisotopic (exact) mass is 482 g/mol. The first-order valence-corrected chi connectivity index (χ1v) is 14.1. The fourth-order valence-electron chi connectivity index (χ4n) is 4.56. The molecule has 0 saturated heterocycles. The van der Waals surface area contributed by atoms with Crippen LogP contribution >= 0.6 is 0 Å². The molecular formula is C36H50. The Morgan fingerprint density at radius 2 is 0.778 bits per heavy atom. The smallest absolute Gasteiger partial charge is 0.0683 e. The zero-order chi connectivity index (χ0) is 27.6. The molecule has 1 aliphatic rings. The summed E-state index contributed by atoms with van der Waals surface area (Å²) in [6.45, 7) is 22.2. The number of fused-ring (bicyclic) bond motifs is 3. The minimum absolute atomic E-state index is 0.263. The molecule has 0 bridgehead atoms. The summed E-state index contributed by atoms with van der Waals surface area (Å²) in [5.74, 6) is 0. The summed E-state index contributed by atoms with van der Waals surface area (Å²) in [6.07, 6.45) is 0. The quantitative estimate of drug-likeness (QED) is 0.235. The van der Waals surface area contributed by atoms with Gasteiger partial charge in [0.1, 0.15) is 0 Å². The van der Waals surface area contributed by atoms with Crippen molar-refractivity contribution < 1.29 is 0 Å². The SMILES string of the molecule is CC.CC.CC.CC.CC.Cc1ccc2c(c1)C(c1ccccc1)(c1ccccc1)c1ccccc1-2. The van der Waals surface area contributed by atoms with Crippen molar-refractivity contribution >= 4 is 0 Å². The van der Waals surface area contributed by atoms with E-state index >= 15 is 0 Å². The average molecular weight is 483 g/mol. The van der Waals surface area contributed by atoms with Crippen molar-refractivity contribution in [1.82, 2.24) is 0 Å². The average Bonchev–Trinajstić information content (AvgIpc) is 3.29. The lowest BCUT2D eigenvalue weighted by Crippen LogP contribution is -2.28. The molecule has 0 aromatic heterocycles. The van der Waals surface area contributed by atoms with Crippen LogP contribution in [0.4, 0.5) is 0 Å². The summed E-state index contributed by atoms with van der Waals surface area (Å²) in [6, 6.07) is 37.6. The standard InChI is InChI=1S/C26H20.5C2H6/c1-19-16-17-23-22-14-8-9-15-24(22)26(25(23)18-19,20-10-4-2-5-11-20)21-12-6-3-7-13-21;5*1-2/h2-18H,1H3;5*1-2H3. The van der Waals surface area contributed by atoms with Gasteiger partial charge in [-0.1, -0.05) is 178 Å². The van der Waals surface area contributed by atoms with Gasteiger partial charge in [0.05, 0.1) is 5.41 Å². The van der Waals surface area contributed by atoms with Gasteiger partial charge in [-0.2, -0.15) is 0 Å². The number of rotatable bonds is 2. The van der Waals surface area contributed by atoms with E-state index in [1.54, 1.807) is 0 Å². The first-order chi connectivity index (χ1) is 17.8. The molecule has 0 aliphatic heterocycles. The molecular weight excluding hydrogens is 432 g/mol. The van der Waals surface area contributed by atoms with E-state index in [0.717, 1.165) is 0 Å². The zero-order valence-corrected chi connectivity index (χ0v) is 24.8. The molecule has 4 aromatic carbocycles. The Balaban J connectivity index is 0.00000110. The summed E-state index contributed by atoms with van der Waals surface area (Å²) in [4.78, 5) is 0. The van der Waals surface area contributed by atoms with Crippen LogP contribution in [0.3, 0.4) is 0 Å². The molecule has 0 spiro atoms. The van der Waals surface area contributed by atoms with Crippen molar-refractivity contribution in [2.24, 2.45) is 0 Å². The van der Waals surface area contributed by atoms with Crippen LogP contribution in [0.25, 0.3) is 11.1 Å². The van der Waals surface area contributed by atoms with E-state index in [1.807, 2.05) is 69.2 Å². The van der Waals surface area contributed by atoms with E-state index in [2.05, 4.69) is 110 Å². The Kier molecular flexibility index (Phi) is 16.6. The molecule has 0 heterocycles. The van der Waals surface area contributed by atoms with Crippen LogP contribution in [0, 0.1) is 6.92 Å². The van der Waals surface area contributed by atoms with E-state index < -0.39 is 0 Å². The molecule has 5 rings (SSSR count). The molecule has 1 aliphatic carbocycles. The maximum absolute atomic E-state index is 2.37. The predicted octanol–water partition coefficient (Wildman–Crippen LogP) is 11.5. The van der Waals surface area contributed by atoms with Crippen LogP contribution in [-0.4, -0.2) is 0 Å². The summed E-state index contributed by atoms with van der Waals surface area (Å²) in [7, 11) is 0. The molecule has 0 nitrogen and oxygen atoms in total. The van der Waals surface area contributed by atoms with Gasteiger partial charge < -0.3 is 0 Å². The summed E-state index contributed by atoms with van der Waals surface area (Å²) >= 11 is 0. The van der Waals surface area contributed by atoms with Crippen LogP contribution < -0.4 is 0 Å². The Hall–Kier alpha value is -3.12. The minimum Gasteiger partial charge on any atom is -0.0683 e. The van der Waals surface area contributed by atoms with Gasteiger partial charge in [0.25, 0.3) is 0 Å². The maximum Gasteiger partial charge on any atom is 0.0713 e. The van der Waals surface area contributed by atoms with Crippen LogP contribution in [-0.2, 0) is 5.41 Å². The zero-order valence-electron chi connectivity index (χ0n) is 24.8. The molecule has 0 saturated carbocycles. The topological polar surface area (TPSA) is 0 Å². The van der Waals surface area contributed by atoms with Gasteiger partial charge in [0.15, 0.2) is 0 Å². The summed E-state index contributed by atoms with van der Waals surface area (Å²) < 4.78 is 0. The molecule has 0 fully saturated rings. The molecule has 0 atom stereocenters. The second-order valence-corrected chi connectivity index (χ2v) is 7.08. The van der Waals surface area contributed by atoms with Gasteiger partial charge in [-0.15, -0.1) is 0 Å². The van der Waals surface area contributed by atoms with Crippen molar-refractivity contribution in [3.63, 3.8) is 0 Å². The van der Waals surface area contributed by atoms with E-state index in [0.29, 0.717) is 0 Å². The fourth-order valence-corrected chi connectivity index (χ4v) is 4.56. The predicted molar refractivity (Wildman–Crippen MR) is 165 cm³/mol. The lowest BCUT2D eigenvalue weighted by atomic mass is 9.67. The first-order valence-electron chi connectivity index (χ1n) is 14.1. The third-order valence-corrected chi connectivity index (χ3v) is 5.61. The number of hydrogen-bond acceptors (Lipinski definition) is 0. The molecule has 36 heavy (non-hydrogen) atoms. The second kappa shape index (κ2) is 18.2. The Bertz CT molecular complexity index is 1040. The van der Waals surface area contributed by atoms with Crippen LogP contribution in [0.5, 0.6) is 0 Å². The van der Waals surface area contributed by atoms with Gasteiger partial charge in [0.2, 0.25) is 0 Å². The van der Waals surface area contributed by atoms with Gasteiger partial charge in [-0.3, -0.25) is 0 Å². The highest BCUT2D eigenvalue weighted by Crippen LogP contribution is 2.55. The van der Waals surface area contributed by atoms with Crippen molar-refractivity contribution in [1.29, 1.82) is 0 Å². The van der Waals surface area contributed by atoms with Crippen LogP contribution in [0.1, 0.15) is 97.1 Å². The largest absolute Gasteiger partial charge is 0.0713 e. The van der Waals surface area contributed by atoms with Gasteiger partial charge in [-0.25, -0.2) is 0 Å². The normalized spacial score (nSPS) is 10.9. The van der Waals surface area contributed by atoms with Crippen molar-refractivity contribution in [3.05, 3.63) is 131 Å². The lowest BCUT2D eigenvalue weighted by Gasteiger charge is -2.34. The summed E-state index contributed by atoms with van der Waals surface area (Å²) in [5, 5.41) is 0. The maximum atomic E-state index is 2.37. The molecule has 0 N–H and O–H groups in total. The molecule has 194 valence electrons. The Morgan fingerprint density at radius 1 is 0.389 bits per heavy atom. The van der Waals surface area contributed by atoms with Crippen LogP contribution in [0.15, 0.2) is 103 Å². The van der Waals surface area contributed by atoms with E-state index in [9.17, 15) is 0 Å². The van der Waals surface area contributed by atoms with Gasteiger partial charge in [0, 0.05) is 0 Å². The number of aryl methyl sites for hydroxylation is 1. The first kappa shape index (κ1) is 32.9. The number of benzene rings is 4. The Labute approximate surface area is 223 Å². The number of hydrogen-bond donors (Lipinski definition) is 0. The Morgan fingerprint density at radius 3 is 1.25 bits per heavy atom. The van der Waals surface area contributed by atoms with Gasteiger partial charge >= 0.3 is 0 Å². The summed E-state index contributed by atoms with van der Waals surface area (Å²) in [5.41, 5.74) is 9.13. The highest BCUT2D eigenvalue weighted by atomic mass is 14.5.